The van der Waals surface area contributed by atoms with Crippen molar-refractivity contribution < 1.29 is 23.5 Å². The third kappa shape index (κ3) is 2.81. The number of hydrogen-bond acceptors (Lipinski definition) is 4. The van der Waals surface area contributed by atoms with Crippen LogP contribution in [0.25, 0.3) is 6.08 Å². The molecule has 1 heterocycles. The minimum atomic E-state index is -1.29. The zero-order valence-electron chi connectivity index (χ0n) is 10.8. The largest absolute Gasteiger partial charge is 0.419 e. The molecule has 4 nitrogen and oxygen atoms in total. The molecule has 1 saturated heterocycles. The molecule has 0 saturated carbocycles. The SMILES string of the molecule is Cc1ccc(F)c(C=C2C(=O)OC(C)(C)OC2=O)c1. The Kier molecular flexibility index (Phi) is 3.14. The highest BCUT2D eigenvalue weighted by Crippen LogP contribution is 2.24. The molecule has 19 heavy (non-hydrogen) atoms. The van der Waals surface area contributed by atoms with Gasteiger partial charge >= 0.3 is 11.9 Å². The smallest absolute Gasteiger partial charge is 0.348 e. The van der Waals surface area contributed by atoms with Gasteiger partial charge in [0.2, 0.25) is 0 Å². The Bertz CT molecular complexity index is 565. The molecule has 1 aromatic rings. The van der Waals surface area contributed by atoms with Crippen molar-refractivity contribution in [2.24, 2.45) is 0 Å². The Labute approximate surface area is 109 Å². The topological polar surface area (TPSA) is 52.6 Å². The molecule has 0 atom stereocenters. The van der Waals surface area contributed by atoms with E-state index in [4.69, 9.17) is 9.47 Å². The van der Waals surface area contributed by atoms with Gasteiger partial charge in [0.25, 0.3) is 5.79 Å². The van der Waals surface area contributed by atoms with E-state index in [2.05, 4.69) is 0 Å². The van der Waals surface area contributed by atoms with E-state index < -0.39 is 23.5 Å². The van der Waals surface area contributed by atoms with Crippen LogP contribution in [0.3, 0.4) is 0 Å². The lowest BCUT2D eigenvalue weighted by molar-refractivity contribution is -0.222. The van der Waals surface area contributed by atoms with Crippen LogP contribution in [0.1, 0.15) is 25.0 Å². The van der Waals surface area contributed by atoms with Crippen molar-refractivity contribution in [2.45, 2.75) is 26.6 Å². The number of ether oxygens (including phenoxy) is 2. The second-order valence-corrected chi connectivity index (χ2v) is 4.76. The average Bonchev–Trinajstić information content (AvgIpc) is 2.26. The Balaban J connectivity index is 2.41. The summed E-state index contributed by atoms with van der Waals surface area (Å²) in [5.74, 6) is -3.45. The third-order valence-electron chi connectivity index (χ3n) is 2.57. The van der Waals surface area contributed by atoms with Gasteiger partial charge in [-0.05, 0) is 25.1 Å². The first-order valence-electron chi connectivity index (χ1n) is 5.73. The van der Waals surface area contributed by atoms with E-state index >= 15 is 0 Å². The van der Waals surface area contributed by atoms with Gasteiger partial charge in [-0.1, -0.05) is 11.6 Å². The normalized spacial score (nSPS) is 17.8. The lowest BCUT2D eigenvalue weighted by Gasteiger charge is -2.29. The quantitative estimate of drug-likeness (QED) is 0.444. The molecule has 1 aromatic carbocycles. The van der Waals surface area contributed by atoms with Gasteiger partial charge in [-0.15, -0.1) is 0 Å². The number of aryl methyl sites for hydroxylation is 1. The van der Waals surface area contributed by atoms with E-state index in [1.165, 1.54) is 26.0 Å². The molecule has 0 aliphatic carbocycles. The summed E-state index contributed by atoms with van der Waals surface area (Å²) < 4.78 is 23.4. The molecule has 1 aliphatic heterocycles. The zero-order chi connectivity index (χ0) is 14.2. The molecular weight excluding hydrogens is 251 g/mol. The fraction of sp³-hybridized carbons (Fsp3) is 0.286. The van der Waals surface area contributed by atoms with Crippen molar-refractivity contribution in [1.82, 2.24) is 0 Å². The van der Waals surface area contributed by atoms with Crippen LogP contribution in [0.15, 0.2) is 23.8 Å². The number of carbonyl (C=O) groups excluding carboxylic acids is 2. The molecule has 0 amide bonds. The first kappa shape index (κ1) is 13.3. The molecular formula is C14H13FO4. The molecule has 0 bridgehead atoms. The summed E-state index contributed by atoms with van der Waals surface area (Å²) in [6.07, 6.45) is 1.14. The molecule has 0 radical (unpaired) electrons. The van der Waals surface area contributed by atoms with E-state index in [0.717, 1.165) is 11.6 Å². The van der Waals surface area contributed by atoms with Crippen LogP contribution in [0, 0.1) is 12.7 Å². The highest BCUT2D eigenvalue weighted by molar-refractivity contribution is 6.18. The van der Waals surface area contributed by atoms with E-state index in [9.17, 15) is 14.0 Å². The molecule has 1 aliphatic rings. The van der Waals surface area contributed by atoms with Gasteiger partial charge in [0, 0.05) is 19.4 Å². The maximum Gasteiger partial charge on any atom is 0.348 e. The van der Waals surface area contributed by atoms with Gasteiger partial charge in [-0.2, -0.15) is 0 Å². The summed E-state index contributed by atoms with van der Waals surface area (Å²) in [6, 6.07) is 4.39. The van der Waals surface area contributed by atoms with E-state index in [1.54, 1.807) is 13.0 Å². The van der Waals surface area contributed by atoms with Crippen LogP contribution in [0.2, 0.25) is 0 Å². The summed E-state index contributed by atoms with van der Waals surface area (Å²) >= 11 is 0. The summed E-state index contributed by atoms with van der Waals surface area (Å²) in [5.41, 5.74) is 0.638. The van der Waals surface area contributed by atoms with Gasteiger partial charge < -0.3 is 9.47 Å². The standard InChI is InChI=1S/C14H13FO4/c1-8-4-5-11(15)9(6-8)7-10-12(16)18-14(2,3)19-13(10)17/h4-7H,1-3H3. The van der Waals surface area contributed by atoms with Crippen molar-refractivity contribution in [3.8, 4) is 0 Å². The minimum absolute atomic E-state index is 0.142. The van der Waals surface area contributed by atoms with Crippen molar-refractivity contribution >= 4 is 18.0 Å². The van der Waals surface area contributed by atoms with Crippen LogP contribution in [0.5, 0.6) is 0 Å². The van der Waals surface area contributed by atoms with E-state index in [-0.39, 0.29) is 11.1 Å². The minimum Gasteiger partial charge on any atom is -0.419 e. The summed E-state index contributed by atoms with van der Waals surface area (Å²) in [5, 5.41) is 0. The van der Waals surface area contributed by atoms with Crippen molar-refractivity contribution in [1.29, 1.82) is 0 Å². The number of halogens is 1. The van der Waals surface area contributed by atoms with Gasteiger partial charge in [-0.3, -0.25) is 0 Å². The summed E-state index contributed by atoms with van der Waals surface area (Å²) in [6.45, 7) is 4.68. The van der Waals surface area contributed by atoms with Gasteiger partial charge in [0.15, 0.2) is 0 Å². The maximum atomic E-state index is 13.6. The van der Waals surface area contributed by atoms with Crippen LogP contribution in [-0.4, -0.2) is 17.7 Å². The van der Waals surface area contributed by atoms with Crippen LogP contribution in [0.4, 0.5) is 4.39 Å². The predicted octanol–water partition coefficient (Wildman–Crippen LogP) is 2.35. The highest BCUT2D eigenvalue weighted by Gasteiger charge is 2.38. The predicted molar refractivity (Wildman–Crippen MR) is 65.4 cm³/mol. The molecule has 5 heteroatoms. The van der Waals surface area contributed by atoms with Gasteiger partial charge in [0.05, 0.1) is 0 Å². The first-order valence-corrected chi connectivity index (χ1v) is 5.73. The first-order chi connectivity index (χ1) is 8.78. The summed E-state index contributed by atoms with van der Waals surface area (Å²) in [7, 11) is 0. The highest BCUT2D eigenvalue weighted by atomic mass is 19.1. The Morgan fingerprint density at radius 3 is 2.32 bits per heavy atom. The second-order valence-electron chi connectivity index (χ2n) is 4.76. The molecule has 100 valence electrons. The molecule has 0 unspecified atom stereocenters. The monoisotopic (exact) mass is 264 g/mol. The van der Waals surface area contributed by atoms with Crippen LogP contribution in [-0.2, 0) is 19.1 Å². The van der Waals surface area contributed by atoms with Gasteiger partial charge in [-0.25, -0.2) is 14.0 Å². The molecule has 0 N–H and O–H groups in total. The zero-order valence-corrected chi connectivity index (χ0v) is 10.8. The van der Waals surface area contributed by atoms with Crippen LogP contribution >= 0.6 is 0 Å². The number of hydrogen-bond donors (Lipinski definition) is 0. The lowest BCUT2D eigenvalue weighted by atomic mass is 10.1. The van der Waals surface area contributed by atoms with Crippen LogP contribution < -0.4 is 0 Å². The van der Waals surface area contributed by atoms with Crippen molar-refractivity contribution in [2.75, 3.05) is 0 Å². The lowest BCUT2D eigenvalue weighted by Crippen LogP contribution is -2.41. The Hall–Kier alpha value is -2.17. The fourth-order valence-electron chi connectivity index (χ4n) is 1.71. The Morgan fingerprint density at radius 1 is 1.16 bits per heavy atom. The number of rotatable bonds is 1. The average molecular weight is 264 g/mol. The Morgan fingerprint density at radius 2 is 1.74 bits per heavy atom. The fourth-order valence-corrected chi connectivity index (χ4v) is 1.71. The molecule has 1 fully saturated rings. The number of benzene rings is 1. The molecule has 0 aromatic heterocycles. The molecule has 2 rings (SSSR count). The maximum absolute atomic E-state index is 13.6. The summed E-state index contributed by atoms with van der Waals surface area (Å²) in [4.78, 5) is 23.4. The molecule has 0 spiro atoms. The second kappa shape index (κ2) is 4.50. The third-order valence-corrected chi connectivity index (χ3v) is 2.57. The number of cyclic esters (lactones) is 2. The van der Waals surface area contributed by atoms with E-state index in [0.29, 0.717) is 0 Å². The van der Waals surface area contributed by atoms with E-state index in [1.807, 2.05) is 0 Å². The number of carbonyl (C=O) groups is 2. The van der Waals surface area contributed by atoms with Gasteiger partial charge in [0.1, 0.15) is 11.4 Å². The van der Waals surface area contributed by atoms with Crippen molar-refractivity contribution in [3.63, 3.8) is 0 Å². The number of esters is 2. The van der Waals surface area contributed by atoms with Crippen molar-refractivity contribution in [3.05, 3.63) is 40.7 Å².